The zero-order valence-corrected chi connectivity index (χ0v) is 11.6. The molecule has 0 spiro atoms. The molecular weight excluding hydrogens is 260 g/mol. The van der Waals surface area contributed by atoms with Crippen molar-refractivity contribution in [3.63, 3.8) is 0 Å². The van der Waals surface area contributed by atoms with Crippen LogP contribution in [0.1, 0.15) is 22.8 Å². The number of anilines is 1. The zero-order valence-electron chi connectivity index (χ0n) is 11.6. The van der Waals surface area contributed by atoms with Crippen molar-refractivity contribution in [2.75, 3.05) is 5.73 Å². The van der Waals surface area contributed by atoms with Crippen LogP contribution in [0, 0.1) is 0 Å². The maximum atomic E-state index is 5.80. The topological polar surface area (TPSA) is 64.7 Å². The third-order valence-corrected chi connectivity index (χ3v) is 3.16. The summed E-state index contributed by atoms with van der Waals surface area (Å²) in [5.74, 6) is 1.70. The van der Waals surface area contributed by atoms with Crippen LogP contribution in [0.5, 0.6) is 0 Å². The zero-order chi connectivity index (χ0) is 14.5. The average molecular weight is 276 g/mol. The number of hydrogen-bond donors (Lipinski definition) is 1. The summed E-state index contributed by atoms with van der Waals surface area (Å²) in [6, 6.07) is 20.2. The first-order valence-corrected chi connectivity index (χ1v) is 6.87. The molecule has 0 aliphatic carbocycles. The highest BCUT2D eigenvalue weighted by Crippen LogP contribution is 2.09. The number of nitrogen functional groups attached to an aromatic ring is 1. The molecule has 0 aliphatic heterocycles. The number of hydrogen-bond acceptors (Lipinski definition) is 4. The molecule has 1 heterocycles. The molecule has 0 amide bonds. The number of nitrogens with two attached hydrogens (primary N) is 1. The van der Waals surface area contributed by atoms with Crippen LogP contribution < -0.4 is 5.73 Å². The summed E-state index contributed by atoms with van der Waals surface area (Å²) < 4.78 is 0. The van der Waals surface area contributed by atoms with Gasteiger partial charge in [0.25, 0.3) is 0 Å². The van der Waals surface area contributed by atoms with E-state index in [1.54, 1.807) is 0 Å². The van der Waals surface area contributed by atoms with Gasteiger partial charge in [-0.1, -0.05) is 60.7 Å². The average Bonchev–Trinajstić information content (AvgIpc) is 2.48. The lowest BCUT2D eigenvalue weighted by Crippen LogP contribution is -2.08. The number of aromatic nitrogens is 3. The standard InChI is InChI=1S/C17H16N4/c18-17-20-15(11-13-7-3-1-4-8-13)19-16(21-17)12-14-9-5-2-6-10-14/h1-10H,11-12H2,(H2,18,19,20,21). The number of nitrogens with zero attached hydrogens (tertiary/aromatic N) is 3. The van der Waals surface area contributed by atoms with E-state index < -0.39 is 0 Å². The molecule has 4 nitrogen and oxygen atoms in total. The highest BCUT2D eigenvalue weighted by atomic mass is 15.1. The van der Waals surface area contributed by atoms with Crippen LogP contribution in [0.25, 0.3) is 0 Å². The molecule has 21 heavy (non-hydrogen) atoms. The third-order valence-electron chi connectivity index (χ3n) is 3.16. The fourth-order valence-electron chi connectivity index (χ4n) is 2.20. The van der Waals surface area contributed by atoms with Gasteiger partial charge in [0.1, 0.15) is 11.6 Å². The summed E-state index contributed by atoms with van der Waals surface area (Å²) in [7, 11) is 0. The van der Waals surface area contributed by atoms with Gasteiger partial charge < -0.3 is 5.73 Å². The first-order valence-electron chi connectivity index (χ1n) is 6.87. The Balaban J connectivity index is 1.83. The van der Waals surface area contributed by atoms with Gasteiger partial charge >= 0.3 is 0 Å². The molecular formula is C17H16N4. The van der Waals surface area contributed by atoms with Gasteiger partial charge in [-0.15, -0.1) is 0 Å². The van der Waals surface area contributed by atoms with Gasteiger partial charge in [-0.2, -0.15) is 9.97 Å². The van der Waals surface area contributed by atoms with Gasteiger partial charge in [0.15, 0.2) is 0 Å². The minimum absolute atomic E-state index is 0.280. The van der Waals surface area contributed by atoms with Gasteiger partial charge in [-0.25, -0.2) is 4.98 Å². The van der Waals surface area contributed by atoms with E-state index >= 15 is 0 Å². The summed E-state index contributed by atoms with van der Waals surface area (Å²) in [4.78, 5) is 13.0. The lowest BCUT2D eigenvalue weighted by Gasteiger charge is -2.05. The van der Waals surface area contributed by atoms with Crippen molar-refractivity contribution >= 4 is 5.95 Å². The highest BCUT2D eigenvalue weighted by Gasteiger charge is 2.06. The Hall–Kier alpha value is -2.75. The van der Waals surface area contributed by atoms with Crippen LogP contribution in [0.3, 0.4) is 0 Å². The van der Waals surface area contributed by atoms with Crippen LogP contribution in [0.4, 0.5) is 5.95 Å². The maximum Gasteiger partial charge on any atom is 0.223 e. The molecule has 4 heteroatoms. The summed E-state index contributed by atoms with van der Waals surface area (Å²) in [6.07, 6.45) is 1.32. The van der Waals surface area contributed by atoms with E-state index in [4.69, 9.17) is 5.73 Å². The lowest BCUT2D eigenvalue weighted by atomic mass is 10.1. The second kappa shape index (κ2) is 6.13. The molecule has 2 N–H and O–H groups in total. The van der Waals surface area contributed by atoms with E-state index in [1.807, 2.05) is 36.4 Å². The monoisotopic (exact) mass is 276 g/mol. The molecule has 0 aliphatic rings. The normalized spacial score (nSPS) is 10.5. The smallest absolute Gasteiger partial charge is 0.223 e. The Morgan fingerprint density at radius 1 is 0.619 bits per heavy atom. The number of rotatable bonds is 4. The molecule has 0 radical (unpaired) electrons. The summed E-state index contributed by atoms with van der Waals surface area (Å²) in [5, 5.41) is 0. The second-order valence-electron chi connectivity index (χ2n) is 4.85. The molecule has 0 saturated heterocycles. The molecule has 1 aromatic heterocycles. The molecule has 3 aromatic rings. The fourth-order valence-corrected chi connectivity index (χ4v) is 2.20. The van der Waals surface area contributed by atoms with Crippen LogP contribution in [-0.4, -0.2) is 15.0 Å². The molecule has 0 atom stereocenters. The van der Waals surface area contributed by atoms with Crippen molar-refractivity contribution < 1.29 is 0 Å². The quantitative estimate of drug-likeness (QED) is 0.795. The van der Waals surface area contributed by atoms with Crippen molar-refractivity contribution in [2.24, 2.45) is 0 Å². The second-order valence-corrected chi connectivity index (χ2v) is 4.85. The van der Waals surface area contributed by atoms with Crippen molar-refractivity contribution in [1.82, 2.24) is 15.0 Å². The fraction of sp³-hybridized carbons (Fsp3) is 0.118. The first-order chi connectivity index (χ1) is 10.3. The molecule has 3 rings (SSSR count). The van der Waals surface area contributed by atoms with Crippen LogP contribution in [0.2, 0.25) is 0 Å². The molecule has 0 saturated carbocycles. The van der Waals surface area contributed by atoms with E-state index in [-0.39, 0.29) is 5.95 Å². The Kier molecular flexibility index (Phi) is 3.87. The van der Waals surface area contributed by atoms with Crippen molar-refractivity contribution in [2.45, 2.75) is 12.8 Å². The molecule has 104 valence electrons. The SMILES string of the molecule is Nc1nc(Cc2ccccc2)nc(Cc2ccccc2)n1. The summed E-state index contributed by atoms with van der Waals surface area (Å²) in [6.45, 7) is 0. The Bertz CT molecular complexity index is 652. The summed E-state index contributed by atoms with van der Waals surface area (Å²) in [5.41, 5.74) is 8.13. The van der Waals surface area contributed by atoms with E-state index in [0.717, 1.165) is 11.1 Å². The van der Waals surface area contributed by atoms with Crippen molar-refractivity contribution in [3.05, 3.63) is 83.4 Å². The van der Waals surface area contributed by atoms with Crippen LogP contribution in [-0.2, 0) is 12.8 Å². The predicted octanol–water partition coefficient (Wildman–Crippen LogP) is 2.64. The molecule has 0 bridgehead atoms. The van der Waals surface area contributed by atoms with Crippen LogP contribution in [0.15, 0.2) is 60.7 Å². The Labute approximate surface area is 123 Å². The van der Waals surface area contributed by atoms with Gasteiger partial charge in [-0.05, 0) is 11.1 Å². The van der Waals surface area contributed by atoms with E-state index in [9.17, 15) is 0 Å². The van der Waals surface area contributed by atoms with Crippen molar-refractivity contribution in [3.8, 4) is 0 Å². The van der Waals surface area contributed by atoms with E-state index in [1.165, 1.54) is 0 Å². The molecule has 0 fully saturated rings. The largest absolute Gasteiger partial charge is 0.368 e. The lowest BCUT2D eigenvalue weighted by molar-refractivity contribution is 0.859. The van der Waals surface area contributed by atoms with Gasteiger partial charge in [0, 0.05) is 12.8 Å². The van der Waals surface area contributed by atoms with E-state index in [2.05, 4.69) is 39.2 Å². The van der Waals surface area contributed by atoms with Gasteiger partial charge in [0.2, 0.25) is 5.95 Å². The Morgan fingerprint density at radius 2 is 1.05 bits per heavy atom. The first kappa shape index (κ1) is 13.2. The van der Waals surface area contributed by atoms with Gasteiger partial charge in [0.05, 0.1) is 0 Å². The number of benzene rings is 2. The Morgan fingerprint density at radius 3 is 1.48 bits per heavy atom. The highest BCUT2D eigenvalue weighted by molar-refractivity contribution is 5.25. The van der Waals surface area contributed by atoms with E-state index in [0.29, 0.717) is 24.5 Å². The van der Waals surface area contributed by atoms with Gasteiger partial charge in [-0.3, -0.25) is 0 Å². The van der Waals surface area contributed by atoms with Crippen molar-refractivity contribution in [1.29, 1.82) is 0 Å². The summed E-state index contributed by atoms with van der Waals surface area (Å²) >= 11 is 0. The third kappa shape index (κ3) is 3.63. The predicted molar refractivity (Wildman–Crippen MR) is 82.7 cm³/mol. The maximum absolute atomic E-state index is 5.80. The van der Waals surface area contributed by atoms with Crippen LogP contribution >= 0.6 is 0 Å². The molecule has 0 unspecified atom stereocenters. The molecule has 2 aromatic carbocycles. The minimum atomic E-state index is 0.280. The minimum Gasteiger partial charge on any atom is -0.368 e.